The molecule has 2 heterocycles. The lowest BCUT2D eigenvalue weighted by Gasteiger charge is -2.02. The molecule has 1 aromatic carbocycles. The summed E-state index contributed by atoms with van der Waals surface area (Å²) >= 11 is 1.53. The van der Waals surface area contributed by atoms with E-state index in [2.05, 4.69) is 20.3 Å². The van der Waals surface area contributed by atoms with Crippen LogP contribution in [0.3, 0.4) is 0 Å². The molecule has 6 nitrogen and oxygen atoms in total. The van der Waals surface area contributed by atoms with Crippen molar-refractivity contribution < 1.29 is 4.52 Å². The lowest BCUT2D eigenvalue weighted by molar-refractivity contribution is 0.389. The minimum atomic E-state index is 0.573. The van der Waals surface area contributed by atoms with E-state index in [9.17, 15) is 0 Å². The first-order chi connectivity index (χ1) is 9.74. The Balaban J connectivity index is 1.77. The van der Waals surface area contributed by atoms with Gasteiger partial charge >= 0.3 is 0 Å². The molecule has 0 amide bonds. The van der Waals surface area contributed by atoms with Crippen molar-refractivity contribution in [2.45, 2.75) is 17.8 Å². The topological polar surface area (TPSA) is 69.6 Å². The molecule has 0 saturated carbocycles. The molecule has 0 saturated heterocycles. The molecule has 0 aliphatic heterocycles. The molecule has 0 unspecified atom stereocenters. The first-order valence-corrected chi connectivity index (χ1v) is 7.09. The molecule has 0 N–H and O–H groups in total. The van der Waals surface area contributed by atoms with Crippen LogP contribution in [0, 0.1) is 6.92 Å². The Morgan fingerprint density at radius 1 is 1.20 bits per heavy atom. The van der Waals surface area contributed by atoms with Crippen molar-refractivity contribution in [1.29, 1.82) is 0 Å². The third-order valence-corrected chi connectivity index (χ3v) is 3.78. The summed E-state index contributed by atoms with van der Waals surface area (Å²) in [6.45, 7) is 1.77. The van der Waals surface area contributed by atoms with Gasteiger partial charge in [0.2, 0.25) is 5.89 Å². The third-order valence-electron chi connectivity index (χ3n) is 2.77. The van der Waals surface area contributed by atoms with Gasteiger partial charge in [-0.1, -0.05) is 47.3 Å². The van der Waals surface area contributed by atoms with Gasteiger partial charge in [0.15, 0.2) is 16.8 Å². The second-order valence-corrected chi connectivity index (χ2v) is 5.19. The molecule has 0 aliphatic carbocycles. The number of hydrogen-bond acceptors (Lipinski definition) is 6. The van der Waals surface area contributed by atoms with Crippen molar-refractivity contribution in [2.24, 2.45) is 7.05 Å². The minimum Gasteiger partial charge on any atom is -0.340 e. The Kier molecular flexibility index (Phi) is 3.51. The zero-order valence-electron chi connectivity index (χ0n) is 11.1. The molecule has 0 radical (unpaired) electrons. The van der Waals surface area contributed by atoms with Crippen LogP contribution < -0.4 is 0 Å². The maximum atomic E-state index is 4.94. The van der Waals surface area contributed by atoms with Crippen LogP contribution in [-0.4, -0.2) is 24.9 Å². The van der Waals surface area contributed by atoms with Crippen molar-refractivity contribution >= 4 is 11.8 Å². The summed E-state index contributed by atoms with van der Waals surface area (Å²) in [5.41, 5.74) is 1.05. The number of nitrogens with zero attached hydrogens (tertiary/aromatic N) is 5. The average molecular weight is 287 g/mol. The number of thioether (sulfide) groups is 1. The van der Waals surface area contributed by atoms with Gasteiger partial charge in [-0.05, 0) is 0 Å². The van der Waals surface area contributed by atoms with Gasteiger partial charge in [-0.25, -0.2) is 0 Å². The average Bonchev–Trinajstić information content (AvgIpc) is 3.04. The molecule has 102 valence electrons. The van der Waals surface area contributed by atoms with Crippen molar-refractivity contribution in [1.82, 2.24) is 24.9 Å². The summed E-state index contributed by atoms with van der Waals surface area (Å²) in [5.74, 6) is 2.69. The van der Waals surface area contributed by atoms with Crippen LogP contribution in [0.15, 0.2) is 40.0 Å². The first-order valence-electron chi connectivity index (χ1n) is 6.11. The van der Waals surface area contributed by atoms with Crippen LogP contribution in [0.1, 0.15) is 11.7 Å². The molecule has 3 aromatic rings. The molecule has 2 aromatic heterocycles. The Morgan fingerprint density at radius 2 is 2.00 bits per heavy atom. The molecular formula is C13H13N5OS. The summed E-state index contributed by atoms with van der Waals surface area (Å²) < 4.78 is 6.91. The SMILES string of the molecule is Cc1nc(CSc2nnc(-c3ccccc3)n2C)no1. The lowest BCUT2D eigenvalue weighted by Crippen LogP contribution is -1.95. The quantitative estimate of drug-likeness (QED) is 0.687. The van der Waals surface area contributed by atoms with E-state index in [1.807, 2.05) is 41.9 Å². The second-order valence-electron chi connectivity index (χ2n) is 4.25. The predicted octanol–water partition coefficient (Wildman–Crippen LogP) is 2.47. The zero-order valence-corrected chi connectivity index (χ0v) is 12.0. The van der Waals surface area contributed by atoms with Gasteiger partial charge in [-0.2, -0.15) is 4.98 Å². The molecule has 0 bridgehead atoms. The number of rotatable bonds is 4. The summed E-state index contributed by atoms with van der Waals surface area (Å²) in [7, 11) is 1.95. The summed E-state index contributed by atoms with van der Waals surface area (Å²) in [6, 6.07) is 9.98. The third kappa shape index (κ3) is 2.57. The van der Waals surface area contributed by atoms with E-state index in [-0.39, 0.29) is 0 Å². The first kappa shape index (κ1) is 12.9. The van der Waals surface area contributed by atoms with Gasteiger partial charge in [-0.15, -0.1) is 10.2 Å². The van der Waals surface area contributed by atoms with Gasteiger partial charge < -0.3 is 9.09 Å². The van der Waals surface area contributed by atoms with Crippen LogP contribution in [0.4, 0.5) is 0 Å². The highest BCUT2D eigenvalue weighted by atomic mass is 32.2. The van der Waals surface area contributed by atoms with E-state index >= 15 is 0 Å². The van der Waals surface area contributed by atoms with Gasteiger partial charge in [0, 0.05) is 19.5 Å². The van der Waals surface area contributed by atoms with Crippen molar-refractivity contribution in [2.75, 3.05) is 0 Å². The maximum absolute atomic E-state index is 4.94. The van der Waals surface area contributed by atoms with Crippen molar-refractivity contribution in [3.63, 3.8) is 0 Å². The number of aromatic nitrogens is 5. The van der Waals surface area contributed by atoms with E-state index in [0.717, 1.165) is 16.5 Å². The molecule has 0 atom stereocenters. The smallest absolute Gasteiger partial charge is 0.223 e. The van der Waals surface area contributed by atoms with E-state index in [4.69, 9.17) is 4.52 Å². The summed E-state index contributed by atoms with van der Waals surface area (Å²) in [4.78, 5) is 4.16. The molecule has 0 fully saturated rings. The van der Waals surface area contributed by atoms with Crippen LogP contribution in [-0.2, 0) is 12.8 Å². The zero-order chi connectivity index (χ0) is 13.9. The van der Waals surface area contributed by atoms with E-state index in [0.29, 0.717) is 17.5 Å². The number of hydrogen-bond donors (Lipinski definition) is 0. The molecular weight excluding hydrogens is 274 g/mol. The van der Waals surface area contributed by atoms with Crippen molar-refractivity contribution in [3.05, 3.63) is 42.0 Å². The van der Waals surface area contributed by atoms with E-state index in [1.54, 1.807) is 6.92 Å². The Bertz CT molecular complexity index is 707. The lowest BCUT2D eigenvalue weighted by atomic mass is 10.2. The second kappa shape index (κ2) is 5.46. The van der Waals surface area contributed by atoms with E-state index in [1.165, 1.54) is 11.8 Å². The largest absolute Gasteiger partial charge is 0.340 e. The summed E-state index contributed by atoms with van der Waals surface area (Å²) in [5, 5.41) is 13.1. The van der Waals surface area contributed by atoms with Crippen molar-refractivity contribution in [3.8, 4) is 11.4 Å². The Morgan fingerprint density at radius 3 is 2.70 bits per heavy atom. The van der Waals surface area contributed by atoms with E-state index < -0.39 is 0 Å². The highest BCUT2D eigenvalue weighted by Crippen LogP contribution is 2.24. The highest BCUT2D eigenvalue weighted by molar-refractivity contribution is 7.98. The Hall–Kier alpha value is -2.15. The highest BCUT2D eigenvalue weighted by Gasteiger charge is 2.12. The molecule has 7 heteroatoms. The van der Waals surface area contributed by atoms with Gasteiger partial charge in [0.1, 0.15) is 0 Å². The molecule has 20 heavy (non-hydrogen) atoms. The fourth-order valence-corrected chi connectivity index (χ4v) is 2.56. The van der Waals surface area contributed by atoms with Crippen LogP contribution in [0.5, 0.6) is 0 Å². The van der Waals surface area contributed by atoms with Crippen LogP contribution in [0.25, 0.3) is 11.4 Å². The molecule has 0 aliphatic rings. The van der Waals surface area contributed by atoms with Gasteiger partial charge in [0.25, 0.3) is 0 Å². The number of aryl methyl sites for hydroxylation is 1. The number of benzene rings is 1. The summed E-state index contributed by atoms with van der Waals surface area (Å²) in [6.07, 6.45) is 0. The maximum Gasteiger partial charge on any atom is 0.223 e. The normalized spacial score (nSPS) is 10.9. The van der Waals surface area contributed by atoms with Gasteiger partial charge in [0.05, 0.1) is 5.75 Å². The monoisotopic (exact) mass is 287 g/mol. The standard InChI is InChI=1S/C13H13N5OS/c1-9-14-11(17-19-9)8-20-13-16-15-12(18(13)2)10-6-4-3-5-7-10/h3-7H,8H2,1-2H3. The van der Waals surface area contributed by atoms with Gasteiger partial charge in [-0.3, -0.25) is 0 Å². The molecule has 0 spiro atoms. The minimum absolute atomic E-state index is 0.573. The Labute approximate surface area is 120 Å². The predicted molar refractivity (Wildman–Crippen MR) is 75.0 cm³/mol. The van der Waals surface area contributed by atoms with Crippen LogP contribution in [0.2, 0.25) is 0 Å². The fourth-order valence-electron chi connectivity index (χ4n) is 1.81. The van der Waals surface area contributed by atoms with Crippen LogP contribution >= 0.6 is 11.8 Å². The fraction of sp³-hybridized carbons (Fsp3) is 0.231. The molecule has 3 rings (SSSR count).